The molecule has 22 heavy (non-hydrogen) atoms. The molecule has 1 aliphatic heterocycles. The molecule has 3 nitrogen and oxygen atoms in total. The number of carbonyl (C=O) groups is 1. The van der Waals surface area contributed by atoms with Gasteiger partial charge >= 0.3 is 0 Å². The molecule has 1 heterocycles. The van der Waals surface area contributed by atoms with Crippen LogP contribution in [-0.2, 0) is 6.54 Å². The molecule has 3 rings (SSSR count). The fourth-order valence-electron chi connectivity index (χ4n) is 2.83. The van der Waals surface area contributed by atoms with E-state index in [2.05, 4.69) is 22.9 Å². The molecule has 2 aromatic carbocycles. The number of benzene rings is 2. The van der Waals surface area contributed by atoms with Crippen molar-refractivity contribution in [3.8, 4) is 0 Å². The van der Waals surface area contributed by atoms with Gasteiger partial charge in [0.05, 0.1) is 0 Å². The van der Waals surface area contributed by atoms with Gasteiger partial charge in [-0.1, -0.05) is 48.5 Å². The molecule has 2 aromatic rings. The Kier molecular flexibility index (Phi) is 4.66. The van der Waals surface area contributed by atoms with Crippen molar-refractivity contribution in [2.45, 2.75) is 6.54 Å². The van der Waals surface area contributed by atoms with E-state index in [1.165, 1.54) is 5.56 Å². The normalized spacial score (nSPS) is 16.6. The lowest BCUT2D eigenvalue weighted by molar-refractivity contribution is 0.103. The largest absolute Gasteiger partial charge is 0.304 e. The number of carbonyl (C=O) groups excluding carboxylic acids is 1. The highest BCUT2D eigenvalue weighted by molar-refractivity contribution is 6.09. The monoisotopic (exact) mass is 294 g/mol. The molecule has 0 radical (unpaired) electrons. The first-order valence-electron chi connectivity index (χ1n) is 7.82. The van der Waals surface area contributed by atoms with Crippen LogP contribution < -0.4 is 0 Å². The summed E-state index contributed by atoms with van der Waals surface area (Å²) >= 11 is 0. The summed E-state index contributed by atoms with van der Waals surface area (Å²) in [5, 5.41) is 0. The second kappa shape index (κ2) is 6.86. The second-order valence-electron chi connectivity index (χ2n) is 5.97. The van der Waals surface area contributed by atoms with Crippen molar-refractivity contribution in [3.63, 3.8) is 0 Å². The Bertz CT molecular complexity index is 631. The summed E-state index contributed by atoms with van der Waals surface area (Å²) in [6.07, 6.45) is 0. The molecule has 1 saturated heterocycles. The first kappa shape index (κ1) is 14.9. The number of likely N-dealkylation sites (N-methyl/N-ethyl adjacent to an activating group) is 1. The van der Waals surface area contributed by atoms with Crippen LogP contribution in [0.5, 0.6) is 0 Å². The van der Waals surface area contributed by atoms with E-state index in [4.69, 9.17) is 0 Å². The summed E-state index contributed by atoms with van der Waals surface area (Å²) in [5.41, 5.74) is 2.74. The Balaban J connectivity index is 1.71. The predicted molar refractivity (Wildman–Crippen MR) is 89.1 cm³/mol. The molecule has 1 aliphatic rings. The number of ketones is 1. The maximum Gasteiger partial charge on any atom is 0.193 e. The Morgan fingerprint density at radius 2 is 1.59 bits per heavy atom. The van der Waals surface area contributed by atoms with Gasteiger partial charge in [-0.15, -0.1) is 0 Å². The SMILES string of the molecule is CN1CCN(Cc2cccc(C(=O)c3ccccc3)c2)CC1. The van der Waals surface area contributed by atoms with Gasteiger partial charge in [0.2, 0.25) is 0 Å². The van der Waals surface area contributed by atoms with Gasteiger partial charge < -0.3 is 4.90 Å². The van der Waals surface area contributed by atoms with Crippen molar-refractivity contribution >= 4 is 5.78 Å². The highest BCUT2D eigenvalue weighted by atomic mass is 16.1. The van der Waals surface area contributed by atoms with E-state index in [-0.39, 0.29) is 5.78 Å². The number of nitrogens with zero attached hydrogens (tertiary/aromatic N) is 2. The maximum absolute atomic E-state index is 12.5. The van der Waals surface area contributed by atoms with Crippen molar-refractivity contribution in [1.29, 1.82) is 0 Å². The quantitative estimate of drug-likeness (QED) is 0.810. The topological polar surface area (TPSA) is 23.6 Å². The van der Waals surface area contributed by atoms with Crippen LogP contribution in [0.4, 0.5) is 0 Å². The predicted octanol–water partition coefficient (Wildman–Crippen LogP) is 2.67. The fraction of sp³-hybridized carbons (Fsp3) is 0.316. The molecule has 3 heteroatoms. The average molecular weight is 294 g/mol. The second-order valence-corrected chi connectivity index (χ2v) is 5.97. The molecule has 0 saturated carbocycles. The molecular weight excluding hydrogens is 272 g/mol. The van der Waals surface area contributed by atoms with Crippen molar-refractivity contribution in [2.75, 3.05) is 33.2 Å². The summed E-state index contributed by atoms with van der Waals surface area (Å²) in [5.74, 6) is 0.0980. The molecule has 0 N–H and O–H groups in total. The van der Waals surface area contributed by atoms with Crippen LogP contribution in [0.15, 0.2) is 54.6 Å². The lowest BCUT2D eigenvalue weighted by atomic mass is 10.0. The molecule has 0 amide bonds. The minimum Gasteiger partial charge on any atom is -0.304 e. The van der Waals surface area contributed by atoms with Gasteiger partial charge in [-0.05, 0) is 18.7 Å². The van der Waals surface area contributed by atoms with E-state index in [1.54, 1.807) is 0 Å². The first-order chi connectivity index (χ1) is 10.7. The molecule has 0 spiro atoms. The van der Waals surface area contributed by atoms with Gasteiger partial charge in [0.25, 0.3) is 0 Å². The standard InChI is InChI=1S/C19H22N2O/c1-20-10-12-21(13-11-20)15-16-6-5-9-18(14-16)19(22)17-7-3-2-4-8-17/h2-9,14H,10-13,15H2,1H3. The minimum atomic E-state index is 0.0980. The van der Waals surface area contributed by atoms with E-state index < -0.39 is 0 Å². The van der Waals surface area contributed by atoms with Crippen LogP contribution >= 0.6 is 0 Å². The summed E-state index contributed by atoms with van der Waals surface area (Å²) in [6.45, 7) is 5.33. The minimum absolute atomic E-state index is 0.0980. The zero-order chi connectivity index (χ0) is 15.4. The third-order valence-corrected chi connectivity index (χ3v) is 4.23. The Morgan fingerprint density at radius 3 is 2.32 bits per heavy atom. The van der Waals surface area contributed by atoms with E-state index in [1.807, 2.05) is 48.5 Å². The van der Waals surface area contributed by atoms with Crippen LogP contribution in [0.25, 0.3) is 0 Å². The van der Waals surface area contributed by atoms with Crippen molar-refractivity contribution in [2.24, 2.45) is 0 Å². The number of hydrogen-bond acceptors (Lipinski definition) is 3. The Labute approximate surface area is 132 Å². The maximum atomic E-state index is 12.5. The Hall–Kier alpha value is -1.97. The molecule has 0 aliphatic carbocycles. The van der Waals surface area contributed by atoms with E-state index in [9.17, 15) is 4.79 Å². The number of rotatable bonds is 4. The van der Waals surface area contributed by atoms with Crippen molar-refractivity contribution in [1.82, 2.24) is 9.80 Å². The molecule has 0 aromatic heterocycles. The van der Waals surface area contributed by atoms with Crippen LogP contribution in [0.3, 0.4) is 0 Å². The van der Waals surface area contributed by atoms with Crippen LogP contribution in [-0.4, -0.2) is 48.8 Å². The number of piperazine rings is 1. The van der Waals surface area contributed by atoms with Gasteiger partial charge in [-0.3, -0.25) is 9.69 Å². The van der Waals surface area contributed by atoms with E-state index in [0.29, 0.717) is 0 Å². The van der Waals surface area contributed by atoms with Gasteiger partial charge in [0, 0.05) is 43.9 Å². The van der Waals surface area contributed by atoms with Crippen molar-refractivity contribution in [3.05, 3.63) is 71.3 Å². The van der Waals surface area contributed by atoms with Gasteiger partial charge in [-0.25, -0.2) is 0 Å². The van der Waals surface area contributed by atoms with Crippen LogP contribution in [0, 0.1) is 0 Å². The summed E-state index contributed by atoms with van der Waals surface area (Å²) in [7, 11) is 2.16. The highest BCUT2D eigenvalue weighted by Crippen LogP contribution is 2.14. The van der Waals surface area contributed by atoms with Gasteiger partial charge in [0.15, 0.2) is 5.78 Å². The third kappa shape index (κ3) is 3.62. The van der Waals surface area contributed by atoms with E-state index >= 15 is 0 Å². The lowest BCUT2D eigenvalue weighted by Crippen LogP contribution is -2.43. The van der Waals surface area contributed by atoms with E-state index in [0.717, 1.165) is 43.9 Å². The van der Waals surface area contributed by atoms with Crippen LogP contribution in [0.2, 0.25) is 0 Å². The molecule has 0 bridgehead atoms. The molecule has 0 unspecified atom stereocenters. The molecule has 0 atom stereocenters. The Morgan fingerprint density at radius 1 is 0.909 bits per heavy atom. The summed E-state index contributed by atoms with van der Waals surface area (Å²) in [6, 6.07) is 17.5. The summed E-state index contributed by atoms with van der Waals surface area (Å²) in [4.78, 5) is 17.3. The van der Waals surface area contributed by atoms with Crippen LogP contribution in [0.1, 0.15) is 21.5 Å². The summed E-state index contributed by atoms with van der Waals surface area (Å²) < 4.78 is 0. The highest BCUT2D eigenvalue weighted by Gasteiger charge is 2.15. The molecular formula is C19H22N2O. The van der Waals surface area contributed by atoms with Crippen molar-refractivity contribution < 1.29 is 4.79 Å². The zero-order valence-electron chi connectivity index (χ0n) is 13.0. The van der Waals surface area contributed by atoms with Gasteiger partial charge in [0.1, 0.15) is 0 Å². The smallest absolute Gasteiger partial charge is 0.193 e. The zero-order valence-corrected chi connectivity index (χ0v) is 13.0. The average Bonchev–Trinajstić information content (AvgIpc) is 2.57. The lowest BCUT2D eigenvalue weighted by Gasteiger charge is -2.32. The fourth-order valence-corrected chi connectivity index (χ4v) is 2.83. The molecule has 114 valence electrons. The van der Waals surface area contributed by atoms with Gasteiger partial charge in [-0.2, -0.15) is 0 Å². The first-order valence-corrected chi connectivity index (χ1v) is 7.82. The third-order valence-electron chi connectivity index (χ3n) is 4.23. The molecule has 1 fully saturated rings. The number of hydrogen-bond donors (Lipinski definition) is 0.